The summed E-state index contributed by atoms with van der Waals surface area (Å²) in [6.07, 6.45) is 1.92. The number of rotatable bonds is 5. The molecule has 5 nitrogen and oxygen atoms in total. The van der Waals surface area contributed by atoms with E-state index >= 15 is 0 Å². The van der Waals surface area contributed by atoms with Crippen molar-refractivity contribution in [3.63, 3.8) is 0 Å². The van der Waals surface area contributed by atoms with E-state index in [0.717, 1.165) is 4.88 Å². The van der Waals surface area contributed by atoms with Crippen LogP contribution in [0.2, 0.25) is 0 Å². The molecule has 0 unspecified atom stereocenters. The summed E-state index contributed by atoms with van der Waals surface area (Å²) >= 11 is 1.32. The fraction of sp³-hybridized carbons (Fsp3) is 0.286. The van der Waals surface area contributed by atoms with Crippen LogP contribution in [0.25, 0.3) is 0 Å². The van der Waals surface area contributed by atoms with Gasteiger partial charge in [-0.25, -0.2) is 0 Å². The summed E-state index contributed by atoms with van der Waals surface area (Å²) in [5, 5.41) is 11.0. The lowest BCUT2D eigenvalue weighted by molar-refractivity contribution is -0.137. The lowest BCUT2D eigenvalue weighted by atomic mass is 10.2. The highest BCUT2D eigenvalue weighted by atomic mass is 32.1. The van der Waals surface area contributed by atoms with Gasteiger partial charge in [0.15, 0.2) is 0 Å². The monoisotopic (exact) mass is 200 g/mol. The minimum atomic E-state index is -0.951. The number of carboxylic acid groups (broad SMARTS) is 1. The van der Waals surface area contributed by atoms with Crippen molar-refractivity contribution in [1.29, 1.82) is 0 Å². The maximum atomic E-state index is 10.4. The van der Waals surface area contributed by atoms with Crippen LogP contribution >= 0.6 is 11.3 Å². The van der Waals surface area contributed by atoms with E-state index < -0.39 is 12.0 Å². The molecule has 1 heterocycles. The van der Waals surface area contributed by atoms with E-state index in [9.17, 15) is 9.59 Å². The minimum absolute atomic E-state index is 0.124. The smallest absolute Gasteiger partial charge is 0.305 e. The predicted octanol–water partition coefficient (Wildman–Crippen LogP) is 0.405. The molecule has 0 aromatic carbocycles. The third-order valence-electron chi connectivity index (χ3n) is 1.44. The van der Waals surface area contributed by atoms with Crippen LogP contribution in [0.5, 0.6) is 0 Å². The van der Waals surface area contributed by atoms with Crippen LogP contribution in [0, 0.1) is 0 Å². The van der Waals surface area contributed by atoms with Gasteiger partial charge in [-0.1, -0.05) is 0 Å². The third kappa shape index (κ3) is 2.83. The number of aromatic nitrogens is 1. The van der Waals surface area contributed by atoms with E-state index in [0.29, 0.717) is 6.41 Å². The average molecular weight is 200 g/mol. The van der Waals surface area contributed by atoms with E-state index in [1.54, 1.807) is 11.7 Å². The number of nitrogens with zero attached hydrogens (tertiary/aromatic N) is 1. The normalized spacial score (nSPS) is 12.0. The highest BCUT2D eigenvalue weighted by molar-refractivity contribution is 7.09. The SMILES string of the molecule is O=CN[C@@H](CC(=O)O)c1cncs1. The summed E-state index contributed by atoms with van der Waals surface area (Å²) in [5.41, 5.74) is 1.59. The molecule has 70 valence electrons. The van der Waals surface area contributed by atoms with Gasteiger partial charge in [0.1, 0.15) is 0 Å². The minimum Gasteiger partial charge on any atom is -0.481 e. The molecule has 0 bridgehead atoms. The van der Waals surface area contributed by atoms with Crippen LogP contribution in [-0.4, -0.2) is 22.5 Å². The first-order valence-electron chi connectivity index (χ1n) is 3.54. The molecule has 0 radical (unpaired) electrons. The molecule has 0 saturated carbocycles. The molecule has 0 spiro atoms. The summed E-state index contributed by atoms with van der Waals surface area (Å²) in [5.74, 6) is -0.951. The molecule has 2 N–H and O–H groups in total. The van der Waals surface area contributed by atoms with Crippen molar-refractivity contribution >= 4 is 23.7 Å². The van der Waals surface area contributed by atoms with Gasteiger partial charge in [-0.2, -0.15) is 0 Å². The van der Waals surface area contributed by atoms with Crippen LogP contribution in [0.3, 0.4) is 0 Å². The quantitative estimate of drug-likeness (QED) is 0.674. The Morgan fingerprint density at radius 1 is 1.85 bits per heavy atom. The van der Waals surface area contributed by atoms with Gasteiger partial charge < -0.3 is 10.4 Å². The van der Waals surface area contributed by atoms with Gasteiger partial charge >= 0.3 is 5.97 Å². The summed E-state index contributed by atoms with van der Waals surface area (Å²) in [7, 11) is 0. The third-order valence-corrected chi connectivity index (χ3v) is 2.33. The number of carbonyl (C=O) groups is 2. The fourth-order valence-electron chi connectivity index (χ4n) is 0.896. The topological polar surface area (TPSA) is 79.3 Å². The zero-order chi connectivity index (χ0) is 9.68. The van der Waals surface area contributed by atoms with Gasteiger partial charge in [0.2, 0.25) is 6.41 Å². The van der Waals surface area contributed by atoms with Gasteiger partial charge in [0, 0.05) is 11.1 Å². The van der Waals surface area contributed by atoms with E-state index in [2.05, 4.69) is 10.3 Å². The molecule has 1 aromatic heterocycles. The van der Waals surface area contributed by atoms with Crippen LogP contribution < -0.4 is 5.32 Å². The first kappa shape index (κ1) is 9.66. The van der Waals surface area contributed by atoms with Crippen LogP contribution in [0.1, 0.15) is 17.3 Å². The predicted molar refractivity (Wildman–Crippen MR) is 46.3 cm³/mol. The Bertz CT molecular complexity index is 286. The van der Waals surface area contributed by atoms with Crippen molar-refractivity contribution < 1.29 is 14.7 Å². The molecule has 1 aromatic rings. The second kappa shape index (κ2) is 4.56. The molecule has 6 heteroatoms. The Balaban J connectivity index is 2.67. The maximum absolute atomic E-state index is 10.4. The lowest BCUT2D eigenvalue weighted by Gasteiger charge is -2.10. The zero-order valence-electron chi connectivity index (χ0n) is 6.64. The average Bonchev–Trinajstić information content (AvgIpc) is 2.54. The molecule has 1 amide bonds. The molecule has 1 rings (SSSR count). The Labute approximate surface area is 78.4 Å². The van der Waals surface area contributed by atoms with Crippen molar-refractivity contribution in [2.24, 2.45) is 0 Å². The summed E-state index contributed by atoms with van der Waals surface area (Å²) in [6.45, 7) is 0. The zero-order valence-corrected chi connectivity index (χ0v) is 7.45. The Morgan fingerprint density at radius 2 is 2.62 bits per heavy atom. The highest BCUT2D eigenvalue weighted by Gasteiger charge is 2.15. The van der Waals surface area contributed by atoms with E-state index in [-0.39, 0.29) is 6.42 Å². The van der Waals surface area contributed by atoms with Gasteiger partial charge in [0.05, 0.1) is 18.0 Å². The number of nitrogens with one attached hydrogen (secondary N) is 1. The molecule has 0 aliphatic carbocycles. The molecular formula is C7H8N2O3S. The number of carbonyl (C=O) groups excluding carboxylic acids is 1. The van der Waals surface area contributed by atoms with Crippen molar-refractivity contribution in [3.05, 3.63) is 16.6 Å². The number of hydrogen-bond acceptors (Lipinski definition) is 4. The molecule has 0 aliphatic heterocycles. The Morgan fingerprint density at radius 3 is 3.08 bits per heavy atom. The number of aliphatic carboxylic acids is 1. The Hall–Kier alpha value is -1.43. The van der Waals surface area contributed by atoms with E-state index in [4.69, 9.17) is 5.11 Å². The van der Waals surface area contributed by atoms with Crippen molar-refractivity contribution in [3.8, 4) is 0 Å². The van der Waals surface area contributed by atoms with Gasteiger partial charge in [-0.15, -0.1) is 11.3 Å². The maximum Gasteiger partial charge on any atom is 0.305 e. The second-order valence-electron chi connectivity index (χ2n) is 2.34. The van der Waals surface area contributed by atoms with Crippen molar-refractivity contribution in [1.82, 2.24) is 10.3 Å². The van der Waals surface area contributed by atoms with Crippen LogP contribution in [0.15, 0.2) is 11.7 Å². The number of thiazole rings is 1. The summed E-state index contributed by atoms with van der Waals surface area (Å²) in [6, 6.07) is -0.470. The fourth-order valence-corrected chi connectivity index (χ4v) is 1.58. The lowest BCUT2D eigenvalue weighted by Crippen LogP contribution is -2.21. The standard InChI is InChI=1S/C7H8N2O3S/c10-3-9-5(1-7(11)12)6-2-8-4-13-6/h2-5H,1H2,(H,9,10)(H,11,12)/t5-/m0/s1. The van der Waals surface area contributed by atoms with Gasteiger partial charge in [0.25, 0.3) is 0 Å². The largest absolute Gasteiger partial charge is 0.481 e. The molecule has 0 fully saturated rings. The van der Waals surface area contributed by atoms with Gasteiger partial charge in [-0.05, 0) is 0 Å². The molecule has 13 heavy (non-hydrogen) atoms. The number of carboxylic acids is 1. The first-order valence-corrected chi connectivity index (χ1v) is 4.42. The van der Waals surface area contributed by atoms with E-state index in [1.165, 1.54) is 11.3 Å². The Kier molecular flexibility index (Phi) is 3.39. The second-order valence-corrected chi connectivity index (χ2v) is 3.26. The van der Waals surface area contributed by atoms with Gasteiger partial charge in [-0.3, -0.25) is 14.6 Å². The van der Waals surface area contributed by atoms with Crippen LogP contribution in [0.4, 0.5) is 0 Å². The molecular weight excluding hydrogens is 192 g/mol. The molecule has 0 saturated heterocycles. The molecule has 1 atom stereocenters. The van der Waals surface area contributed by atoms with E-state index in [1.807, 2.05) is 0 Å². The van der Waals surface area contributed by atoms with Crippen LogP contribution in [-0.2, 0) is 9.59 Å². The summed E-state index contributed by atoms with van der Waals surface area (Å²) in [4.78, 5) is 25.1. The number of hydrogen-bond donors (Lipinski definition) is 2. The highest BCUT2D eigenvalue weighted by Crippen LogP contribution is 2.19. The first-order chi connectivity index (χ1) is 6.24. The number of amides is 1. The summed E-state index contributed by atoms with van der Waals surface area (Å²) < 4.78 is 0. The van der Waals surface area contributed by atoms with Crippen molar-refractivity contribution in [2.75, 3.05) is 0 Å². The molecule has 0 aliphatic rings. The van der Waals surface area contributed by atoms with Crippen molar-refractivity contribution in [2.45, 2.75) is 12.5 Å².